The number of aromatic nitrogens is 3. The van der Waals surface area contributed by atoms with E-state index in [1.807, 2.05) is 19.1 Å². The normalized spacial score (nSPS) is 13.8. The molecule has 3 heterocycles. The molecule has 0 atom stereocenters. The first kappa shape index (κ1) is 14.1. The number of carbonyl (C=O) groups is 1. The van der Waals surface area contributed by atoms with Crippen LogP contribution in [0.25, 0.3) is 0 Å². The van der Waals surface area contributed by atoms with Crippen molar-refractivity contribution in [3.05, 3.63) is 28.7 Å². The molecule has 0 fully saturated rings. The van der Waals surface area contributed by atoms with E-state index < -0.39 is 0 Å². The van der Waals surface area contributed by atoms with Crippen molar-refractivity contribution in [1.82, 2.24) is 20.1 Å². The van der Waals surface area contributed by atoms with Gasteiger partial charge in [0.25, 0.3) is 0 Å². The molecule has 2 amide bonds. The fraction of sp³-hybridized carbons (Fsp3) is 0.500. The molecule has 7 heteroatoms. The highest BCUT2D eigenvalue weighted by Crippen LogP contribution is 2.20. The van der Waals surface area contributed by atoms with Gasteiger partial charge in [0.15, 0.2) is 0 Å². The molecule has 0 spiro atoms. The number of nitrogens with zero attached hydrogens (tertiary/aromatic N) is 3. The average molecular weight is 305 g/mol. The Morgan fingerprint density at radius 3 is 3.10 bits per heavy atom. The van der Waals surface area contributed by atoms with Crippen molar-refractivity contribution in [3.8, 4) is 0 Å². The van der Waals surface area contributed by atoms with E-state index in [2.05, 4.69) is 25.4 Å². The van der Waals surface area contributed by atoms with Gasteiger partial charge in [-0.3, -0.25) is 5.32 Å². The number of urea groups is 1. The van der Waals surface area contributed by atoms with Crippen LogP contribution in [0.3, 0.4) is 0 Å². The third kappa shape index (κ3) is 3.41. The van der Waals surface area contributed by atoms with Crippen LogP contribution < -0.4 is 10.6 Å². The van der Waals surface area contributed by atoms with Gasteiger partial charge in [0.05, 0.1) is 5.00 Å². The van der Waals surface area contributed by atoms with Gasteiger partial charge in [-0.05, 0) is 31.9 Å². The molecule has 0 bridgehead atoms. The summed E-state index contributed by atoms with van der Waals surface area (Å²) in [6, 6.07) is 3.73. The molecule has 0 saturated carbocycles. The Kier molecular flexibility index (Phi) is 4.19. The van der Waals surface area contributed by atoms with Crippen molar-refractivity contribution < 1.29 is 4.79 Å². The zero-order chi connectivity index (χ0) is 14.7. The molecular formula is C14H19N5OS. The van der Waals surface area contributed by atoms with Gasteiger partial charge >= 0.3 is 6.03 Å². The van der Waals surface area contributed by atoms with Crippen LogP contribution in [0.5, 0.6) is 0 Å². The summed E-state index contributed by atoms with van der Waals surface area (Å²) in [5, 5.41) is 15.0. The zero-order valence-electron chi connectivity index (χ0n) is 12.1. The van der Waals surface area contributed by atoms with Crippen LogP contribution in [0.2, 0.25) is 0 Å². The third-order valence-corrected chi connectivity index (χ3v) is 4.46. The van der Waals surface area contributed by atoms with E-state index in [1.165, 1.54) is 17.7 Å². The molecule has 0 radical (unpaired) electrons. The number of carbonyl (C=O) groups excluding carboxylic acids is 1. The van der Waals surface area contributed by atoms with Crippen LogP contribution in [0, 0.1) is 6.92 Å². The highest BCUT2D eigenvalue weighted by atomic mass is 32.1. The first-order valence-corrected chi connectivity index (χ1v) is 8.06. The van der Waals surface area contributed by atoms with E-state index in [4.69, 9.17) is 0 Å². The van der Waals surface area contributed by atoms with Crippen molar-refractivity contribution in [1.29, 1.82) is 0 Å². The lowest BCUT2D eigenvalue weighted by molar-refractivity contribution is 0.252. The topological polar surface area (TPSA) is 71.8 Å². The number of amides is 2. The minimum Gasteiger partial charge on any atom is -0.337 e. The highest BCUT2D eigenvalue weighted by molar-refractivity contribution is 7.16. The third-order valence-electron chi connectivity index (χ3n) is 3.55. The van der Waals surface area contributed by atoms with Crippen molar-refractivity contribution in [2.24, 2.45) is 0 Å². The van der Waals surface area contributed by atoms with Gasteiger partial charge in [0.2, 0.25) is 0 Å². The number of anilines is 1. The second-order valence-corrected chi connectivity index (χ2v) is 6.47. The van der Waals surface area contributed by atoms with Crippen LogP contribution in [0.4, 0.5) is 9.80 Å². The molecule has 0 unspecified atom stereocenters. The zero-order valence-corrected chi connectivity index (χ0v) is 12.9. The molecule has 1 aliphatic heterocycles. The molecule has 21 heavy (non-hydrogen) atoms. The smallest absolute Gasteiger partial charge is 0.319 e. The number of hydrogen-bond acceptors (Lipinski definition) is 4. The summed E-state index contributed by atoms with van der Waals surface area (Å²) in [5.41, 5.74) is 0. The lowest BCUT2D eigenvalue weighted by atomic mass is 10.1. The quantitative estimate of drug-likeness (QED) is 0.911. The number of rotatable bonds is 4. The first-order valence-electron chi connectivity index (χ1n) is 7.24. The van der Waals surface area contributed by atoms with Gasteiger partial charge in [0.1, 0.15) is 11.6 Å². The van der Waals surface area contributed by atoms with Crippen LogP contribution in [-0.2, 0) is 19.4 Å². The van der Waals surface area contributed by atoms with E-state index in [-0.39, 0.29) is 6.03 Å². The minimum absolute atomic E-state index is 0.171. The monoisotopic (exact) mass is 305 g/mol. The van der Waals surface area contributed by atoms with Gasteiger partial charge in [-0.15, -0.1) is 21.5 Å². The van der Waals surface area contributed by atoms with Gasteiger partial charge in [-0.1, -0.05) is 0 Å². The number of thiophene rings is 1. The molecule has 112 valence electrons. The summed E-state index contributed by atoms with van der Waals surface area (Å²) in [6.07, 6.45) is 4.10. The second kappa shape index (κ2) is 6.26. The average Bonchev–Trinajstić information content (AvgIpc) is 3.06. The summed E-state index contributed by atoms with van der Waals surface area (Å²) in [6.45, 7) is 3.58. The van der Waals surface area contributed by atoms with Crippen molar-refractivity contribution in [2.45, 2.75) is 39.2 Å². The lowest BCUT2D eigenvalue weighted by Crippen LogP contribution is -2.30. The summed E-state index contributed by atoms with van der Waals surface area (Å²) in [5.74, 6) is 2.05. The molecule has 0 aromatic carbocycles. The largest absolute Gasteiger partial charge is 0.337 e. The fourth-order valence-electron chi connectivity index (χ4n) is 2.50. The SMILES string of the molecule is Cc1ccc(NC(=O)NCCc2nnc3n2CCCC3)s1. The Morgan fingerprint density at radius 2 is 2.29 bits per heavy atom. The molecular weight excluding hydrogens is 286 g/mol. The van der Waals surface area contributed by atoms with Crippen LogP contribution in [-0.4, -0.2) is 27.3 Å². The van der Waals surface area contributed by atoms with Crippen LogP contribution >= 0.6 is 11.3 Å². The Balaban J connectivity index is 1.47. The Morgan fingerprint density at radius 1 is 1.38 bits per heavy atom. The van der Waals surface area contributed by atoms with E-state index >= 15 is 0 Å². The second-order valence-electron chi connectivity index (χ2n) is 5.18. The van der Waals surface area contributed by atoms with Crippen molar-refractivity contribution >= 4 is 22.4 Å². The van der Waals surface area contributed by atoms with Gasteiger partial charge in [0, 0.05) is 30.8 Å². The summed E-state index contributed by atoms with van der Waals surface area (Å²) < 4.78 is 2.19. The molecule has 3 rings (SSSR count). The Bertz CT molecular complexity index is 633. The highest BCUT2D eigenvalue weighted by Gasteiger charge is 2.15. The van der Waals surface area contributed by atoms with Gasteiger partial charge in [-0.25, -0.2) is 4.79 Å². The van der Waals surface area contributed by atoms with Crippen LogP contribution in [0.1, 0.15) is 29.4 Å². The molecule has 6 nitrogen and oxygen atoms in total. The molecule has 2 aromatic heterocycles. The van der Waals surface area contributed by atoms with Gasteiger partial charge in [-0.2, -0.15) is 0 Å². The maximum absolute atomic E-state index is 11.8. The summed E-state index contributed by atoms with van der Waals surface area (Å²) in [7, 11) is 0. The Hall–Kier alpha value is -1.89. The number of hydrogen-bond donors (Lipinski definition) is 2. The predicted octanol–water partition coefficient (Wildman–Crippen LogP) is 2.35. The Labute approximate surface area is 127 Å². The molecule has 2 aromatic rings. The molecule has 0 saturated heterocycles. The van der Waals surface area contributed by atoms with E-state index in [0.29, 0.717) is 13.0 Å². The number of aryl methyl sites for hydroxylation is 2. The van der Waals surface area contributed by atoms with Crippen molar-refractivity contribution in [2.75, 3.05) is 11.9 Å². The first-order chi connectivity index (χ1) is 10.2. The summed E-state index contributed by atoms with van der Waals surface area (Å²) in [4.78, 5) is 13.0. The van der Waals surface area contributed by atoms with Gasteiger partial charge < -0.3 is 9.88 Å². The maximum Gasteiger partial charge on any atom is 0.319 e. The molecule has 2 N–H and O–H groups in total. The number of nitrogens with one attached hydrogen (secondary N) is 2. The number of fused-ring (bicyclic) bond motifs is 1. The van der Waals surface area contributed by atoms with Crippen LogP contribution in [0.15, 0.2) is 12.1 Å². The molecule has 0 aliphatic carbocycles. The summed E-state index contributed by atoms with van der Waals surface area (Å²) >= 11 is 1.57. The minimum atomic E-state index is -0.171. The van der Waals surface area contributed by atoms with E-state index in [1.54, 1.807) is 11.3 Å². The molecule has 1 aliphatic rings. The standard InChI is InChI=1S/C14H19N5OS/c1-10-5-6-13(21-10)16-14(20)15-8-7-12-18-17-11-4-2-3-9-19(11)12/h5-6H,2-4,7-9H2,1H3,(H2,15,16,20). The lowest BCUT2D eigenvalue weighted by Gasteiger charge is -2.14. The van der Waals surface area contributed by atoms with E-state index in [9.17, 15) is 4.79 Å². The van der Waals surface area contributed by atoms with Crippen molar-refractivity contribution in [3.63, 3.8) is 0 Å². The van der Waals surface area contributed by atoms with E-state index in [0.717, 1.165) is 29.6 Å². The predicted molar refractivity (Wildman–Crippen MR) is 82.7 cm³/mol. The fourth-order valence-corrected chi connectivity index (χ4v) is 3.26. The maximum atomic E-state index is 11.8.